The number of morpholine rings is 1. The fraction of sp³-hybridized carbons (Fsp3) is 0.500. The predicted octanol–water partition coefficient (Wildman–Crippen LogP) is 0.628. The molecule has 0 amide bonds. The van der Waals surface area contributed by atoms with E-state index >= 15 is 0 Å². The summed E-state index contributed by atoms with van der Waals surface area (Å²) in [5.41, 5.74) is 0.911. The van der Waals surface area contributed by atoms with Crippen LogP contribution >= 0.6 is 0 Å². The zero-order valence-electron chi connectivity index (χ0n) is 9.83. The van der Waals surface area contributed by atoms with Gasteiger partial charge in [-0.25, -0.2) is 4.79 Å². The van der Waals surface area contributed by atoms with E-state index in [1.54, 1.807) is 12.4 Å². The summed E-state index contributed by atoms with van der Waals surface area (Å²) in [6.07, 6.45) is 3.37. The van der Waals surface area contributed by atoms with Crippen LogP contribution in [0, 0.1) is 0 Å². The summed E-state index contributed by atoms with van der Waals surface area (Å²) in [4.78, 5) is 17.9. The number of methoxy groups -OCH3 is 1. The Hall–Kier alpha value is -1.46. The van der Waals surface area contributed by atoms with E-state index in [-0.39, 0.29) is 12.0 Å². The summed E-state index contributed by atoms with van der Waals surface area (Å²) in [5, 5.41) is 0. The Morgan fingerprint density at radius 2 is 2.06 bits per heavy atom. The van der Waals surface area contributed by atoms with Crippen molar-refractivity contribution >= 4 is 5.97 Å². The highest BCUT2D eigenvalue weighted by Gasteiger charge is 2.29. The minimum Gasteiger partial charge on any atom is -0.468 e. The average molecular weight is 236 g/mol. The molecule has 5 heteroatoms. The number of hydrogen-bond acceptors (Lipinski definition) is 5. The molecule has 92 valence electrons. The van der Waals surface area contributed by atoms with E-state index in [0.29, 0.717) is 13.2 Å². The summed E-state index contributed by atoms with van der Waals surface area (Å²) < 4.78 is 10.2. The van der Waals surface area contributed by atoms with Gasteiger partial charge in [0.2, 0.25) is 0 Å². The third kappa shape index (κ3) is 2.81. The first-order valence-electron chi connectivity index (χ1n) is 5.62. The third-order valence-electron chi connectivity index (χ3n) is 2.86. The van der Waals surface area contributed by atoms with E-state index in [1.165, 1.54) is 7.11 Å². The van der Waals surface area contributed by atoms with Crippen molar-refractivity contribution in [3.05, 3.63) is 30.1 Å². The fourth-order valence-electron chi connectivity index (χ4n) is 1.99. The third-order valence-corrected chi connectivity index (χ3v) is 2.86. The number of carbonyl (C=O) groups excluding carboxylic acids is 1. The summed E-state index contributed by atoms with van der Waals surface area (Å²) in [7, 11) is 1.41. The Labute approximate surface area is 100 Å². The highest BCUT2D eigenvalue weighted by Crippen LogP contribution is 2.22. The standard InChI is InChI=1S/C12H16N2O3/c1-16-12(15)11(10-2-4-13-5-3-10)14-6-8-17-9-7-14/h2-5,11H,6-9H2,1H3. The minimum absolute atomic E-state index is 0.238. The molecule has 0 aromatic carbocycles. The van der Waals surface area contributed by atoms with E-state index < -0.39 is 0 Å². The molecule has 0 saturated carbocycles. The van der Waals surface area contributed by atoms with Gasteiger partial charge in [-0.3, -0.25) is 9.88 Å². The second kappa shape index (κ2) is 5.75. The van der Waals surface area contributed by atoms with Crippen molar-refractivity contribution in [1.82, 2.24) is 9.88 Å². The number of nitrogens with zero attached hydrogens (tertiary/aromatic N) is 2. The maximum atomic E-state index is 11.9. The first-order chi connectivity index (χ1) is 8.33. The van der Waals surface area contributed by atoms with Crippen LogP contribution in [-0.2, 0) is 14.3 Å². The van der Waals surface area contributed by atoms with Gasteiger partial charge in [0, 0.05) is 25.5 Å². The lowest BCUT2D eigenvalue weighted by atomic mass is 10.1. The number of aromatic nitrogens is 1. The zero-order chi connectivity index (χ0) is 12.1. The van der Waals surface area contributed by atoms with Gasteiger partial charge in [0.25, 0.3) is 0 Å². The van der Waals surface area contributed by atoms with E-state index in [1.807, 2.05) is 12.1 Å². The van der Waals surface area contributed by atoms with Crippen LogP contribution in [0.15, 0.2) is 24.5 Å². The lowest BCUT2D eigenvalue weighted by molar-refractivity contribution is -0.149. The molecule has 0 spiro atoms. The van der Waals surface area contributed by atoms with Crippen LogP contribution in [0.4, 0.5) is 0 Å². The van der Waals surface area contributed by atoms with Crippen LogP contribution < -0.4 is 0 Å². The fourth-order valence-corrected chi connectivity index (χ4v) is 1.99. The molecule has 1 fully saturated rings. The smallest absolute Gasteiger partial charge is 0.327 e. The number of pyridine rings is 1. The van der Waals surface area contributed by atoms with Gasteiger partial charge in [-0.15, -0.1) is 0 Å². The summed E-state index contributed by atoms with van der Waals surface area (Å²) in [6.45, 7) is 2.78. The van der Waals surface area contributed by atoms with Gasteiger partial charge < -0.3 is 9.47 Å². The summed E-state index contributed by atoms with van der Waals surface area (Å²) >= 11 is 0. The Balaban J connectivity index is 2.21. The topological polar surface area (TPSA) is 51.7 Å². The van der Waals surface area contributed by atoms with Gasteiger partial charge in [-0.1, -0.05) is 0 Å². The van der Waals surface area contributed by atoms with Gasteiger partial charge >= 0.3 is 5.97 Å². The highest BCUT2D eigenvalue weighted by atomic mass is 16.5. The molecule has 1 atom stereocenters. The second-order valence-electron chi connectivity index (χ2n) is 3.85. The van der Waals surface area contributed by atoms with Gasteiger partial charge in [0.15, 0.2) is 0 Å². The molecule has 0 radical (unpaired) electrons. The van der Waals surface area contributed by atoms with E-state index in [0.717, 1.165) is 18.7 Å². The molecule has 5 nitrogen and oxygen atoms in total. The molecule has 0 aliphatic carbocycles. The maximum Gasteiger partial charge on any atom is 0.327 e. The molecule has 0 bridgehead atoms. The molecule has 2 heterocycles. The largest absolute Gasteiger partial charge is 0.468 e. The quantitative estimate of drug-likeness (QED) is 0.720. The van der Waals surface area contributed by atoms with Crippen LogP contribution in [0.25, 0.3) is 0 Å². The Kier molecular flexibility index (Phi) is 4.06. The van der Waals surface area contributed by atoms with E-state index in [2.05, 4.69) is 9.88 Å². The minimum atomic E-state index is -0.355. The van der Waals surface area contributed by atoms with Crippen molar-refractivity contribution in [1.29, 1.82) is 0 Å². The molecule has 1 aliphatic heterocycles. The van der Waals surface area contributed by atoms with Crippen LogP contribution in [-0.4, -0.2) is 49.3 Å². The van der Waals surface area contributed by atoms with Crippen molar-refractivity contribution in [2.24, 2.45) is 0 Å². The molecule has 2 rings (SSSR count). The SMILES string of the molecule is COC(=O)C(c1ccncc1)N1CCOCC1. The van der Waals surface area contributed by atoms with Crippen molar-refractivity contribution in [2.75, 3.05) is 33.4 Å². The molecule has 1 aromatic rings. The molecule has 17 heavy (non-hydrogen) atoms. The average Bonchev–Trinajstić information content (AvgIpc) is 2.41. The van der Waals surface area contributed by atoms with Crippen LogP contribution in [0.3, 0.4) is 0 Å². The first-order valence-corrected chi connectivity index (χ1v) is 5.62. The zero-order valence-corrected chi connectivity index (χ0v) is 9.83. The van der Waals surface area contributed by atoms with Crippen molar-refractivity contribution < 1.29 is 14.3 Å². The van der Waals surface area contributed by atoms with Crippen molar-refractivity contribution in [2.45, 2.75) is 6.04 Å². The number of ether oxygens (including phenoxy) is 2. The summed E-state index contributed by atoms with van der Waals surface area (Å²) in [6, 6.07) is 3.33. The predicted molar refractivity (Wildman–Crippen MR) is 61.4 cm³/mol. The Bertz CT molecular complexity index is 363. The monoisotopic (exact) mass is 236 g/mol. The molecule has 1 aromatic heterocycles. The summed E-state index contributed by atoms with van der Waals surface area (Å²) in [5.74, 6) is -0.238. The molecular formula is C12H16N2O3. The lowest BCUT2D eigenvalue weighted by Gasteiger charge is -2.32. The number of rotatable bonds is 3. The van der Waals surface area contributed by atoms with E-state index in [4.69, 9.17) is 9.47 Å². The molecular weight excluding hydrogens is 220 g/mol. The van der Waals surface area contributed by atoms with Gasteiger partial charge in [0.05, 0.1) is 20.3 Å². The van der Waals surface area contributed by atoms with Crippen molar-refractivity contribution in [3.63, 3.8) is 0 Å². The number of carbonyl (C=O) groups is 1. The molecule has 1 saturated heterocycles. The normalized spacial score (nSPS) is 18.6. The number of hydrogen-bond donors (Lipinski definition) is 0. The lowest BCUT2D eigenvalue weighted by Crippen LogP contribution is -2.42. The van der Waals surface area contributed by atoms with Crippen LogP contribution in [0.1, 0.15) is 11.6 Å². The van der Waals surface area contributed by atoms with Gasteiger partial charge in [-0.05, 0) is 17.7 Å². The first kappa shape index (κ1) is 12.0. The van der Waals surface area contributed by atoms with Gasteiger partial charge in [-0.2, -0.15) is 0 Å². The van der Waals surface area contributed by atoms with Crippen LogP contribution in [0.5, 0.6) is 0 Å². The molecule has 1 unspecified atom stereocenters. The Morgan fingerprint density at radius 1 is 1.41 bits per heavy atom. The molecule has 0 N–H and O–H groups in total. The number of esters is 1. The second-order valence-corrected chi connectivity index (χ2v) is 3.85. The van der Waals surface area contributed by atoms with Gasteiger partial charge in [0.1, 0.15) is 6.04 Å². The van der Waals surface area contributed by atoms with Crippen molar-refractivity contribution in [3.8, 4) is 0 Å². The van der Waals surface area contributed by atoms with Crippen LogP contribution in [0.2, 0.25) is 0 Å². The maximum absolute atomic E-state index is 11.9. The Morgan fingerprint density at radius 3 is 2.65 bits per heavy atom. The van der Waals surface area contributed by atoms with E-state index in [9.17, 15) is 4.79 Å². The highest BCUT2D eigenvalue weighted by molar-refractivity contribution is 5.77. The molecule has 1 aliphatic rings.